The number of nitrogen functional groups attached to an aromatic ring is 1. The molecule has 0 unspecified atom stereocenters. The van der Waals surface area contributed by atoms with Crippen molar-refractivity contribution in [2.45, 2.75) is 13.5 Å². The van der Waals surface area contributed by atoms with Gasteiger partial charge in [0.1, 0.15) is 18.2 Å². The van der Waals surface area contributed by atoms with Gasteiger partial charge in [-0.2, -0.15) is 0 Å². The molecule has 2 aromatic rings. The number of aryl methyl sites for hydroxylation is 1. The Kier molecular flexibility index (Phi) is 4.48. The molecule has 0 aliphatic heterocycles. The zero-order valence-electron chi connectivity index (χ0n) is 12.7. The van der Waals surface area contributed by atoms with Gasteiger partial charge in [-0.25, -0.2) is 0 Å². The molecule has 0 heterocycles. The van der Waals surface area contributed by atoms with Crippen molar-refractivity contribution in [3.05, 3.63) is 59.2 Å². The molecule has 110 valence electrons. The molecule has 0 radical (unpaired) electrons. The van der Waals surface area contributed by atoms with Gasteiger partial charge in [-0.1, -0.05) is 18.2 Å². The van der Waals surface area contributed by atoms with E-state index in [1.165, 1.54) is 0 Å². The van der Waals surface area contributed by atoms with Gasteiger partial charge in [0.25, 0.3) is 0 Å². The van der Waals surface area contributed by atoms with E-state index in [-0.39, 0.29) is 5.84 Å². The minimum absolute atomic E-state index is 0.0873. The van der Waals surface area contributed by atoms with Gasteiger partial charge in [0.15, 0.2) is 0 Å². The summed E-state index contributed by atoms with van der Waals surface area (Å²) < 4.78 is 5.85. The predicted molar refractivity (Wildman–Crippen MR) is 87.3 cm³/mol. The van der Waals surface area contributed by atoms with E-state index in [2.05, 4.69) is 0 Å². The zero-order chi connectivity index (χ0) is 15.4. The highest BCUT2D eigenvalue weighted by Gasteiger charge is 2.04. The molecule has 2 rings (SSSR count). The SMILES string of the molecule is Cc1cc(C(=N)N)ccc1COc1cccc(N(C)C)c1. The van der Waals surface area contributed by atoms with Crippen molar-refractivity contribution in [3.8, 4) is 5.75 Å². The largest absolute Gasteiger partial charge is 0.489 e. The van der Waals surface area contributed by atoms with Crippen LogP contribution in [0, 0.1) is 12.3 Å². The van der Waals surface area contributed by atoms with E-state index in [4.69, 9.17) is 15.9 Å². The van der Waals surface area contributed by atoms with Crippen molar-refractivity contribution < 1.29 is 4.74 Å². The third-order valence-corrected chi connectivity index (χ3v) is 3.38. The van der Waals surface area contributed by atoms with E-state index in [0.717, 1.165) is 28.1 Å². The van der Waals surface area contributed by atoms with Crippen molar-refractivity contribution in [1.29, 1.82) is 5.41 Å². The monoisotopic (exact) mass is 283 g/mol. The normalized spacial score (nSPS) is 10.2. The molecule has 4 heteroatoms. The molecule has 0 saturated carbocycles. The van der Waals surface area contributed by atoms with Gasteiger partial charge in [0.05, 0.1) is 0 Å². The highest BCUT2D eigenvalue weighted by molar-refractivity contribution is 5.95. The van der Waals surface area contributed by atoms with E-state index in [0.29, 0.717) is 6.61 Å². The molecule has 0 spiro atoms. The Morgan fingerprint density at radius 2 is 1.95 bits per heavy atom. The smallest absolute Gasteiger partial charge is 0.122 e. The summed E-state index contributed by atoms with van der Waals surface area (Å²) in [5, 5.41) is 7.44. The number of nitrogens with zero attached hydrogens (tertiary/aromatic N) is 1. The average molecular weight is 283 g/mol. The van der Waals surface area contributed by atoms with Gasteiger partial charge in [-0.05, 0) is 36.2 Å². The van der Waals surface area contributed by atoms with Crippen LogP contribution < -0.4 is 15.4 Å². The van der Waals surface area contributed by atoms with E-state index in [1.807, 2.05) is 68.4 Å². The number of ether oxygens (including phenoxy) is 1. The lowest BCUT2D eigenvalue weighted by molar-refractivity contribution is 0.305. The highest BCUT2D eigenvalue weighted by Crippen LogP contribution is 2.21. The Balaban J connectivity index is 2.09. The Labute approximate surface area is 125 Å². The van der Waals surface area contributed by atoms with Crippen molar-refractivity contribution in [3.63, 3.8) is 0 Å². The first-order chi connectivity index (χ1) is 9.97. The summed E-state index contributed by atoms with van der Waals surface area (Å²) in [5.74, 6) is 0.931. The number of benzene rings is 2. The van der Waals surface area contributed by atoms with Crippen LogP contribution in [0.15, 0.2) is 42.5 Å². The Morgan fingerprint density at radius 1 is 1.19 bits per heavy atom. The molecule has 0 atom stereocenters. The molecule has 0 saturated heterocycles. The van der Waals surface area contributed by atoms with Gasteiger partial charge in [-0.15, -0.1) is 0 Å². The quantitative estimate of drug-likeness (QED) is 0.655. The van der Waals surface area contributed by atoms with Gasteiger partial charge >= 0.3 is 0 Å². The van der Waals surface area contributed by atoms with Gasteiger partial charge in [-0.3, -0.25) is 5.41 Å². The van der Waals surface area contributed by atoms with Gasteiger partial charge in [0, 0.05) is 31.4 Å². The summed E-state index contributed by atoms with van der Waals surface area (Å²) in [5.41, 5.74) is 9.51. The second kappa shape index (κ2) is 6.31. The van der Waals surface area contributed by atoms with Crippen LogP contribution in [0.4, 0.5) is 5.69 Å². The highest BCUT2D eigenvalue weighted by atomic mass is 16.5. The van der Waals surface area contributed by atoms with Crippen LogP contribution in [-0.2, 0) is 6.61 Å². The van der Waals surface area contributed by atoms with Crippen LogP contribution in [-0.4, -0.2) is 19.9 Å². The van der Waals surface area contributed by atoms with Crippen LogP contribution in [0.25, 0.3) is 0 Å². The second-order valence-electron chi connectivity index (χ2n) is 5.24. The number of rotatable bonds is 5. The molecule has 0 aliphatic rings. The van der Waals surface area contributed by atoms with Crippen LogP contribution in [0.1, 0.15) is 16.7 Å². The minimum atomic E-state index is 0.0873. The van der Waals surface area contributed by atoms with E-state index in [1.54, 1.807) is 0 Å². The summed E-state index contributed by atoms with van der Waals surface area (Å²) in [6.07, 6.45) is 0. The zero-order valence-corrected chi connectivity index (χ0v) is 12.7. The number of nitrogens with two attached hydrogens (primary N) is 1. The summed E-state index contributed by atoms with van der Waals surface area (Å²) >= 11 is 0. The Morgan fingerprint density at radius 3 is 2.57 bits per heavy atom. The van der Waals surface area contributed by atoms with Crippen molar-refractivity contribution in [1.82, 2.24) is 0 Å². The third kappa shape index (κ3) is 3.75. The van der Waals surface area contributed by atoms with Gasteiger partial charge < -0.3 is 15.4 Å². The molecule has 2 aromatic carbocycles. The van der Waals surface area contributed by atoms with Crippen molar-refractivity contribution in [2.24, 2.45) is 5.73 Å². The van der Waals surface area contributed by atoms with E-state index in [9.17, 15) is 0 Å². The predicted octanol–water partition coefficient (Wildman–Crippen LogP) is 2.92. The maximum Gasteiger partial charge on any atom is 0.122 e. The first-order valence-corrected chi connectivity index (χ1v) is 6.81. The maximum absolute atomic E-state index is 7.44. The molecule has 0 fully saturated rings. The standard InChI is InChI=1S/C17H21N3O/c1-12-9-13(17(18)19)7-8-14(12)11-21-16-6-4-5-15(10-16)20(2)3/h4-10H,11H2,1-3H3,(H3,18,19). The third-order valence-electron chi connectivity index (χ3n) is 3.38. The first kappa shape index (κ1) is 14.9. The summed E-state index contributed by atoms with van der Waals surface area (Å²) in [4.78, 5) is 2.04. The number of nitrogens with one attached hydrogen (secondary N) is 1. The van der Waals surface area contributed by atoms with Crippen LogP contribution >= 0.6 is 0 Å². The first-order valence-electron chi connectivity index (χ1n) is 6.81. The lowest BCUT2D eigenvalue weighted by atomic mass is 10.1. The topological polar surface area (TPSA) is 62.3 Å². The number of hydrogen-bond donors (Lipinski definition) is 2. The second-order valence-corrected chi connectivity index (χ2v) is 5.24. The molecule has 0 aromatic heterocycles. The summed E-state index contributed by atoms with van der Waals surface area (Å²) in [6, 6.07) is 13.7. The minimum Gasteiger partial charge on any atom is -0.489 e. The molecule has 0 aliphatic carbocycles. The molecule has 4 nitrogen and oxygen atoms in total. The van der Waals surface area contributed by atoms with Crippen LogP contribution in [0.2, 0.25) is 0 Å². The molecule has 3 N–H and O–H groups in total. The van der Waals surface area contributed by atoms with Crippen molar-refractivity contribution >= 4 is 11.5 Å². The molecular weight excluding hydrogens is 262 g/mol. The Hall–Kier alpha value is -2.49. The fraction of sp³-hybridized carbons (Fsp3) is 0.235. The number of anilines is 1. The van der Waals surface area contributed by atoms with Crippen molar-refractivity contribution in [2.75, 3.05) is 19.0 Å². The van der Waals surface area contributed by atoms with Crippen LogP contribution in [0.3, 0.4) is 0 Å². The number of hydrogen-bond acceptors (Lipinski definition) is 3. The van der Waals surface area contributed by atoms with Gasteiger partial charge in [0.2, 0.25) is 0 Å². The van der Waals surface area contributed by atoms with E-state index < -0.39 is 0 Å². The molecule has 0 amide bonds. The van der Waals surface area contributed by atoms with Crippen LogP contribution in [0.5, 0.6) is 5.75 Å². The molecule has 21 heavy (non-hydrogen) atoms. The molecular formula is C17H21N3O. The van der Waals surface area contributed by atoms with E-state index >= 15 is 0 Å². The summed E-state index contributed by atoms with van der Waals surface area (Å²) in [7, 11) is 4.01. The average Bonchev–Trinajstić information content (AvgIpc) is 2.46. The molecule has 0 bridgehead atoms. The summed E-state index contributed by atoms with van der Waals surface area (Å²) in [6.45, 7) is 2.50. The lowest BCUT2D eigenvalue weighted by Crippen LogP contribution is -2.11. The lowest BCUT2D eigenvalue weighted by Gasteiger charge is -2.15. The maximum atomic E-state index is 7.44. The Bertz CT molecular complexity index is 650. The fourth-order valence-electron chi connectivity index (χ4n) is 2.04. The fourth-order valence-corrected chi connectivity index (χ4v) is 2.04. The number of amidine groups is 1.